The Kier molecular flexibility index (Phi) is 4.90. The van der Waals surface area contributed by atoms with Gasteiger partial charge in [-0.15, -0.1) is 0 Å². The second-order valence-electron chi connectivity index (χ2n) is 4.77. The Labute approximate surface area is 128 Å². The quantitative estimate of drug-likeness (QED) is 0.909. The molecule has 0 aliphatic carbocycles. The zero-order valence-electron chi connectivity index (χ0n) is 12.1. The summed E-state index contributed by atoms with van der Waals surface area (Å²) in [4.78, 5) is 26.8. The molecule has 0 bridgehead atoms. The van der Waals surface area contributed by atoms with Gasteiger partial charge in [0.1, 0.15) is 5.75 Å². The van der Waals surface area contributed by atoms with Crippen LogP contribution in [0.5, 0.6) is 5.75 Å². The van der Waals surface area contributed by atoms with Crippen LogP contribution < -0.4 is 10.1 Å². The first-order valence-electron chi connectivity index (χ1n) is 6.66. The maximum Gasteiger partial charge on any atom is 0.321 e. The first kappa shape index (κ1) is 15.4. The molecule has 0 spiro atoms. The highest BCUT2D eigenvalue weighted by Crippen LogP contribution is 2.27. The summed E-state index contributed by atoms with van der Waals surface area (Å²) in [6.45, 7) is 3.71. The van der Waals surface area contributed by atoms with Crippen LogP contribution in [0.25, 0.3) is 0 Å². The molecule has 1 aliphatic rings. The average molecular weight is 312 g/mol. The maximum absolute atomic E-state index is 12.1. The van der Waals surface area contributed by atoms with Gasteiger partial charge in [0, 0.05) is 38.8 Å². The van der Waals surface area contributed by atoms with Crippen LogP contribution in [0.2, 0.25) is 5.02 Å². The number of carbonyl (C=O) groups is 2. The molecule has 3 amide bonds. The molecule has 1 aromatic rings. The van der Waals surface area contributed by atoms with Crippen LogP contribution in [0.1, 0.15) is 6.92 Å². The molecular formula is C14H18ClN3O3. The predicted octanol–water partition coefficient (Wildman–Crippen LogP) is 2.04. The number of amides is 3. The highest BCUT2D eigenvalue weighted by atomic mass is 35.5. The van der Waals surface area contributed by atoms with Gasteiger partial charge in [-0.05, 0) is 18.2 Å². The molecule has 21 heavy (non-hydrogen) atoms. The summed E-state index contributed by atoms with van der Waals surface area (Å²) >= 11 is 6.02. The number of piperazine rings is 1. The van der Waals surface area contributed by atoms with Crippen LogP contribution in [0.3, 0.4) is 0 Å². The number of ether oxygens (including phenoxy) is 1. The molecule has 7 heteroatoms. The summed E-state index contributed by atoms with van der Waals surface area (Å²) in [5.74, 6) is 0.599. The van der Waals surface area contributed by atoms with Crippen molar-refractivity contribution in [3.8, 4) is 5.75 Å². The highest BCUT2D eigenvalue weighted by Gasteiger charge is 2.22. The van der Waals surface area contributed by atoms with Crippen molar-refractivity contribution < 1.29 is 14.3 Å². The lowest BCUT2D eigenvalue weighted by Crippen LogP contribution is -2.51. The number of benzene rings is 1. The molecule has 1 aromatic carbocycles. The third-order valence-electron chi connectivity index (χ3n) is 3.42. The average Bonchev–Trinajstić information content (AvgIpc) is 2.47. The van der Waals surface area contributed by atoms with E-state index in [0.717, 1.165) is 0 Å². The van der Waals surface area contributed by atoms with Crippen LogP contribution in [-0.2, 0) is 4.79 Å². The number of carbonyl (C=O) groups excluding carboxylic acids is 2. The molecular weight excluding hydrogens is 294 g/mol. The van der Waals surface area contributed by atoms with Gasteiger partial charge in [0.2, 0.25) is 5.91 Å². The molecule has 0 saturated carbocycles. The van der Waals surface area contributed by atoms with E-state index in [4.69, 9.17) is 16.3 Å². The molecule has 1 saturated heterocycles. The van der Waals surface area contributed by atoms with Crippen molar-refractivity contribution in [1.29, 1.82) is 0 Å². The summed E-state index contributed by atoms with van der Waals surface area (Å²) in [6, 6.07) is 4.88. The van der Waals surface area contributed by atoms with Gasteiger partial charge in [-0.3, -0.25) is 4.79 Å². The van der Waals surface area contributed by atoms with Crippen LogP contribution in [0.4, 0.5) is 10.5 Å². The number of anilines is 1. The Morgan fingerprint density at radius 1 is 1.19 bits per heavy atom. The second-order valence-corrected chi connectivity index (χ2v) is 5.18. The highest BCUT2D eigenvalue weighted by molar-refractivity contribution is 6.32. The number of nitrogens with zero attached hydrogens (tertiary/aromatic N) is 2. The van der Waals surface area contributed by atoms with Crippen LogP contribution in [-0.4, -0.2) is 55.0 Å². The van der Waals surface area contributed by atoms with Crippen molar-refractivity contribution in [2.75, 3.05) is 38.6 Å². The third-order valence-corrected chi connectivity index (χ3v) is 3.71. The first-order valence-corrected chi connectivity index (χ1v) is 7.04. The Morgan fingerprint density at radius 2 is 1.81 bits per heavy atom. The van der Waals surface area contributed by atoms with Gasteiger partial charge in [0.25, 0.3) is 0 Å². The van der Waals surface area contributed by atoms with E-state index >= 15 is 0 Å². The number of nitrogens with one attached hydrogen (secondary N) is 1. The van der Waals surface area contributed by atoms with Crippen molar-refractivity contribution in [3.63, 3.8) is 0 Å². The van der Waals surface area contributed by atoms with Crippen molar-refractivity contribution in [3.05, 3.63) is 23.2 Å². The van der Waals surface area contributed by atoms with Crippen molar-refractivity contribution in [1.82, 2.24) is 9.80 Å². The van der Waals surface area contributed by atoms with E-state index in [0.29, 0.717) is 42.6 Å². The number of halogens is 1. The number of rotatable bonds is 2. The fraction of sp³-hybridized carbons (Fsp3) is 0.429. The van der Waals surface area contributed by atoms with Crippen LogP contribution >= 0.6 is 11.6 Å². The van der Waals surface area contributed by atoms with Gasteiger partial charge in [-0.1, -0.05) is 11.6 Å². The van der Waals surface area contributed by atoms with E-state index in [1.165, 1.54) is 14.0 Å². The third kappa shape index (κ3) is 3.78. The Bertz CT molecular complexity index is 542. The van der Waals surface area contributed by atoms with E-state index < -0.39 is 0 Å². The SMILES string of the molecule is COc1ccc(NC(=O)N2CCN(C(C)=O)CC2)cc1Cl. The first-order chi connectivity index (χ1) is 10.0. The summed E-state index contributed by atoms with van der Waals surface area (Å²) in [7, 11) is 1.54. The van der Waals surface area contributed by atoms with Gasteiger partial charge < -0.3 is 19.9 Å². The molecule has 2 rings (SSSR count). The number of methoxy groups -OCH3 is 1. The monoisotopic (exact) mass is 311 g/mol. The van der Waals surface area contributed by atoms with E-state index in [1.54, 1.807) is 28.0 Å². The minimum absolute atomic E-state index is 0.0389. The van der Waals surface area contributed by atoms with Crippen molar-refractivity contribution in [2.24, 2.45) is 0 Å². The topological polar surface area (TPSA) is 61.9 Å². The van der Waals surface area contributed by atoms with E-state index in [2.05, 4.69) is 5.32 Å². The molecule has 1 aliphatic heterocycles. The standard InChI is InChI=1S/C14H18ClN3O3/c1-10(19)17-5-7-18(8-6-17)14(20)16-11-3-4-13(21-2)12(15)9-11/h3-4,9H,5-8H2,1-2H3,(H,16,20). The van der Waals surface area contributed by atoms with Gasteiger partial charge >= 0.3 is 6.03 Å². The molecule has 0 radical (unpaired) electrons. The number of hydrogen-bond acceptors (Lipinski definition) is 3. The fourth-order valence-electron chi connectivity index (χ4n) is 2.17. The Hall–Kier alpha value is -1.95. The van der Waals surface area contributed by atoms with E-state index in [1.807, 2.05) is 0 Å². The minimum atomic E-state index is -0.195. The molecule has 1 N–H and O–H groups in total. The summed E-state index contributed by atoms with van der Waals surface area (Å²) in [5.41, 5.74) is 0.611. The minimum Gasteiger partial charge on any atom is -0.495 e. The van der Waals surface area contributed by atoms with E-state index in [-0.39, 0.29) is 11.9 Å². The molecule has 0 atom stereocenters. The molecule has 114 valence electrons. The Morgan fingerprint density at radius 3 is 2.33 bits per heavy atom. The molecule has 0 unspecified atom stereocenters. The molecule has 0 aromatic heterocycles. The van der Waals surface area contributed by atoms with E-state index in [9.17, 15) is 9.59 Å². The van der Waals surface area contributed by atoms with Crippen LogP contribution in [0, 0.1) is 0 Å². The predicted molar refractivity (Wildman–Crippen MR) is 80.8 cm³/mol. The largest absolute Gasteiger partial charge is 0.495 e. The molecule has 1 heterocycles. The zero-order chi connectivity index (χ0) is 15.4. The van der Waals surface area contributed by atoms with Crippen LogP contribution in [0.15, 0.2) is 18.2 Å². The number of hydrogen-bond donors (Lipinski definition) is 1. The number of urea groups is 1. The second kappa shape index (κ2) is 6.67. The smallest absolute Gasteiger partial charge is 0.321 e. The fourth-order valence-corrected chi connectivity index (χ4v) is 2.43. The van der Waals surface area contributed by atoms with Crippen molar-refractivity contribution in [2.45, 2.75) is 6.92 Å². The summed E-state index contributed by atoms with van der Waals surface area (Å²) < 4.78 is 5.06. The summed E-state index contributed by atoms with van der Waals surface area (Å²) in [6.07, 6.45) is 0. The lowest BCUT2D eigenvalue weighted by atomic mass is 10.3. The lowest BCUT2D eigenvalue weighted by Gasteiger charge is -2.34. The molecule has 1 fully saturated rings. The summed E-state index contributed by atoms with van der Waals surface area (Å²) in [5, 5.41) is 3.23. The normalized spacial score (nSPS) is 14.8. The van der Waals surface area contributed by atoms with Gasteiger partial charge in [0.15, 0.2) is 0 Å². The van der Waals surface area contributed by atoms with Gasteiger partial charge in [-0.25, -0.2) is 4.79 Å². The molecule has 6 nitrogen and oxygen atoms in total. The van der Waals surface area contributed by atoms with Gasteiger partial charge in [0.05, 0.1) is 12.1 Å². The van der Waals surface area contributed by atoms with Gasteiger partial charge in [-0.2, -0.15) is 0 Å². The Balaban J connectivity index is 1.93. The zero-order valence-corrected chi connectivity index (χ0v) is 12.8. The van der Waals surface area contributed by atoms with Crippen molar-refractivity contribution >= 4 is 29.2 Å². The lowest BCUT2D eigenvalue weighted by molar-refractivity contribution is -0.130. The maximum atomic E-state index is 12.1.